The summed E-state index contributed by atoms with van der Waals surface area (Å²) in [6.45, 7) is 2.26. The molecule has 3 heterocycles. The molecule has 0 unspecified atom stereocenters. The van der Waals surface area contributed by atoms with E-state index in [0.29, 0.717) is 10.9 Å². The molecule has 0 atom stereocenters. The lowest BCUT2D eigenvalue weighted by molar-refractivity contribution is 0.557. The van der Waals surface area contributed by atoms with Crippen LogP contribution in [0.5, 0.6) is 0 Å². The van der Waals surface area contributed by atoms with E-state index in [1.165, 1.54) is 15.6 Å². The molecular formula is C15H13FN2OS. The molecule has 0 aliphatic heterocycles. The summed E-state index contributed by atoms with van der Waals surface area (Å²) in [7, 11) is 0. The Bertz CT molecular complexity index is 822. The van der Waals surface area contributed by atoms with Crippen LogP contribution in [-0.4, -0.2) is 9.55 Å². The summed E-state index contributed by atoms with van der Waals surface area (Å²) in [6.07, 6.45) is 4.03. The van der Waals surface area contributed by atoms with Gasteiger partial charge >= 0.3 is 0 Å². The average Bonchev–Trinajstić information content (AvgIpc) is 2.88. The third-order valence-corrected chi connectivity index (χ3v) is 4.48. The Morgan fingerprint density at radius 2 is 2.25 bits per heavy atom. The number of hydrogen-bond acceptors (Lipinski definition) is 3. The van der Waals surface area contributed by atoms with Gasteiger partial charge in [-0.3, -0.25) is 4.79 Å². The lowest BCUT2D eigenvalue weighted by Crippen LogP contribution is -2.20. The zero-order valence-electron chi connectivity index (χ0n) is 11.0. The molecule has 5 heteroatoms. The average molecular weight is 288 g/mol. The Morgan fingerprint density at radius 1 is 1.40 bits per heavy atom. The first-order valence-corrected chi connectivity index (χ1v) is 7.22. The molecule has 3 rings (SSSR count). The van der Waals surface area contributed by atoms with Gasteiger partial charge in [-0.25, -0.2) is 4.98 Å². The van der Waals surface area contributed by atoms with Crippen LogP contribution in [0.4, 0.5) is 4.39 Å². The highest BCUT2D eigenvalue weighted by Crippen LogP contribution is 2.23. The fourth-order valence-corrected chi connectivity index (χ4v) is 3.14. The molecule has 0 aromatic carbocycles. The lowest BCUT2D eigenvalue weighted by atomic mass is 10.2. The van der Waals surface area contributed by atoms with Crippen molar-refractivity contribution in [3.63, 3.8) is 0 Å². The van der Waals surface area contributed by atoms with Crippen molar-refractivity contribution in [3.05, 3.63) is 63.4 Å². The summed E-state index contributed by atoms with van der Waals surface area (Å²) < 4.78 is 16.1. The van der Waals surface area contributed by atoms with Crippen LogP contribution in [0, 0.1) is 5.95 Å². The largest absolute Gasteiger partial charge is 0.310 e. The number of fused-ring (bicyclic) bond motifs is 1. The molecule has 0 spiro atoms. The molecular weight excluding hydrogens is 275 g/mol. The second-order valence-electron chi connectivity index (χ2n) is 4.55. The molecule has 0 fully saturated rings. The van der Waals surface area contributed by atoms with Gasteiger partial charge in [-0.1, -0.05) is 13.0 Å². The van der Waals surface area contributed by atoms with Crippen LogP contribution in [0.25, 0.3) is 10.1 Å². The summed E-state index contributed by atoms with van der Waals surface area (Å²) in [4.78, 5) is 17.2. The van der Waals surface area contributed by atoms with Gasteiger partial charge in [0.15, 0.2) is 0 Å². The summed E-state index contributed by atoms with van der Waals surface area (Å²) in [6, 6.07) is 7.15. The molecule has 20 heavy (non-hydrogen) atoms. The molecule has 0 amide bonds. The third kappa shape index (κ3) is 2.25. The minimum Gasteiger partial charge on any atom is -0.310 e. The molecule has 0 N–H and O–H groups in total. The van der Waals surface area contributed by atoms with E-state index in [2.05, 4.69) is 11.9 Å². The molecule has 0 saturated heterocycles. The van der Waals surface area contributed by atoms with Gasteiger partial charge in [-0.05, 0) is 24.6 Å². The van der Waals surface area contributed by atoms with Crippen molar-refractivity contribution in [3.8, 4) is 0 Å². The van der Waals surface area contributed by atoms with Gasteiger partial charge in [0.1, 0.15) is 0 Å². The van der Waals surface area contributed by atoms with E-state index in [0.717, 1.165) is 11.1 Å². The lowest BCUT2D eigenvalue weighted by Gasteiger charge is -2.06. The quantitative estimate of drug-likeness (QED) is 0.694. The normalized spacial score (nSPS) is 11.1. The van der Waals surface area contributed by atoms with E-state index in [4.69, 9.17) is 0 Å². The topological polar surface area (TPSA) is 34.9 Å². The number of hydrogen-bond donors (Lipinski definition) is 0. The number of nitrogens with zero attached hydrogens (tertiary/aromatic N) is 2. The highest BCUT2D eigenvalue weighted by Gasteiger charge is 2.09. The Balaban J connectivity index is 2.06. The molecule has 3 aromatic heterocycles. The van der Waals surface area contributed by atoms with Gasteiger partial charge in [0.2, 0.25) is 5.95 Å². The summed E-state index contributed by atoms with van der Waals surface area (Å²) in [5.74, 6) is -0.529. The van der Waals surface area contributed by atoms with Crippen LogP contribution in [0.2, 0.25) is 0 Å². The molecule has 3 nitrogen and oxygen atoms in total. The number of aryl methyl sites for hydroxylation is 1. The first-order valence-electron chi connectivity index (χ1n) is 6.40. The predicted octanol–water partition coefficient (Wildman–Crippen LogP) is 3.21. The molecule has 0 aliphatic rings. The zero-order valence-corrected chi connectivity index (χ0v) is 11.8. The molecule has 3 aromatic rings. The van der Waals surface area contributed by atoms with E-state index >= 15 is 0 Å². The first kappa shape index (κ1) is 13.0. The van der Waals surface area contributed by atoms with E-state index in [1.54, 1.807) is 29.7 Å². The molecule has 0 saturated carbocycles. The second-order valence-corrected chi connectivity index (χ2v) is 5.71. The van der Waals surface area contributed by atoms with Gasteiger partial charge in [-0.2, -0.15) is 4.39 Å². The van der Waals surface area contributed by atoms with Gasteiger partial charge in [0, 0.05) is 27.5 Å². The second kappa shape index (κ2) is 5.17. The fourth-order valence-electron chi connectivity index (χ4n) is 2.15. The number of thiophene rings is 1. The van der Waals surface area contributed by atoms with Crippen LogP contribution < -0.4 is 5.56 Å². The van der Waals surface area contributed by atoms with Crippen molar-refractivity contribution < 1.29 is 4.39 Å². The molecule has 0 bridgehead atoms. The highest BCUT2D eigenvalue weighted by atomic mass is 32.1. The number of pyridine rings is 2. The Morgan fingerprint density at radius 3 is 3.00 bits per heavy atom. The van der Waals surface area contributed by atoms with E-state index in [-0.39, 0.29) is 12.1 Å². The number of halogens is 1. The summed E-state index contributed by atoms with van der Waals surface area (Å²) >= 11 is 1.63. The van der Waals surface area contributed by atoms with E-state index in [9.17, 15) is 9.18 Å². The van der Waals surface area contributed by atoms with Crippen molar-refractivity contribution in [2.45, 2.75) is 19.9 Å². The van der Waals surface area contributed by atoms with Gasteiger partial charge in [0.25, 0.3) is 5.56 Å². The predicted molar refractivity (Wildman–Crippen MR) is 78.8 cm³/mol. The van der Waals surface area contributed by atoms with Crippen LogP contribution in [-0.2, 0) is 13.0 Å². The molecule has 0 radical (unpaired) electrons. The van der Waals surface area contributed by atoms with Crippen molar-refractivity contribution in [2.75, 3.05) is 0 Å². The number of rotatable bonds is 3. The van der Waals surface area contributed by atoms with Gasteiger partial charge in [-0.15, -0.1) is 11.3 Å². The maximum Gasteiger partial charge on any atom is 0.259 e. The van der Waals surface area contributed by atoms with Crippen LogP contribution >= 0.6 is 11.3 Å². The Kier molecular flexibility index (Phi) is 3.36. The fraction of sp³-hybridized carbons (Fsp3) is 0.200. The molecule has 0 aliphatic carbocycles. The van der Waals surface area contributed by atoms with Gasteiger partial charge < -0.3 is 4.57 Å². The van der Waals surface area contributed by atoms with E-state index < -0.39 is 5.95 Å². The Labute approximate surface area is 119 Å². The standard InChI is InChI=1S/C15H13FN2OS/c1-2-11-8-12-13(20-11)5-7-18(15(12)19)9-10-4-3-6-17-14(10)16/h3-8H,2,9H2,1H3. The van der Waals surface area contributed by atoms with Crippen LogP contribution in [0.3, 0.4) is 0 Å². The minimum absolute atomic E-state index is 0.0818. The van der Waals surface area contributed by atoms with Crippen LogP contribution in [0.1, 0.15) is 17.4 Å². The zero-order chi connectivity index (χ0) is 14.1. The van der Waals surface area contributed by atoms with Crippen LogP contribution in [0.15, 0.2) is 41.5 Å². The maximum absolute atomic E-state index is 13.6. The highest BCUT2D eigenvalue weighted by molar-refractivity contribution is 7.19. The maximum atomic E-state index is 13.6. The van der Waals surface area contributed by atoms with Gasteiger partial charge in [0.05, 0.1) is 11.9 Å². The van der Waals surface area contributed by atoms with Crippen molar-refractivity contribution in [2.24, 2.45) is 0 Å². The first-order chi connectivity index (χ1) is 9.69. The molecule has 102 valence electrons. The monoisotopic (exact) mass is 288 g/mol. The Hall–Kier alpha value is -2.01. The third-order valence-electron chi connectivity index (χ3n) is 3.23. The summed E-state index contributed by atoms with van der Waals surface area (Å²) in [5, 5.41) is 0.707. The van der Waals surface area contributed by atoms with Crippen molar-refractivity contribution >= 4 is 21.4 Å². The van der Waals surface area contributed by atoms with Crippen molar-refractivity contribution in [1.29, 1.82) is 0 Å². The number of aromatic nitrogens is 2. The smallest absolute Gasteiger partial charge is 0.259 e. The summed E-state index contributed by atoms with van der Waals surface area (Å²) in [5.41, 5.74) is 0.335. The SMILES string of the molecule is CCc1cc2c(=O)n(Cc3cccnc3F)ccc2s1. The van der Waals surface area contributed by atoms with E-state index in [1.807, 2.05) is 12.1 Å². The van der Waals surface area contributed by atoms with Crippen molar-refractivity contribution in [1.82, 2.24) is 9.55 Å². The minimum atomic E-state index is -0.529.